The first kappa shape index (κ1) is 14.8. The van der Waals surface area contributed by atoms with E-state index in [1.165, 1.54) is 0 Å². The number of aliphatic hydroxyl groups excluding tert-OH is 2. The van der Waals surface area contributed by atoms with Crippen LogP contribution in [0.25, 0.3) is 11.1 Å². The highest BCUT2D eigenvalue weighted by Gasteiger charge is 2.07. The lowest BCUT2D eigenvalue weighted by Crippen LogP contribution is -1.99. The van der Waals surface area contributed by atoms with E-state index >= 15 is 0 Å². The molecule has 2 atom stereocenters. The monoisotopic (exact) mass is 270 g/mol. The summed E-state index contributed by atoms with van der Waals surface area (Å²) < 4.78 is 0. The Morgan fingerprint density at radius 1 is 0.750 bits per heavy atom. The molecule has 106 valence electrons. The van der Waals surface area contributed by atoms with Crippen molar-refractivity contribution in [2.45, 2.75) is 25.7 Å². The van der Waals surface area contributed by atoms with Crippen LogP contribution in [0, 0.1) is 0 Å². The first-order valence-corrected chi connectivity index (χ1v) is 7.07. The molecular formula is C18H22O2. The predicted molar refractivity (Wildman–Crippen MR) is 82.9 cm³/mol. The first-order valence-electron chi connectivity index (χ1n) is 7.07. The highest BCUT2D eigenvalue weighted by Crippen LogP contribution is 2.25. The Bertz CT molecular complexity index is 546. The van der Waals surface area contributed by atoms with Crippen LogP contribution in [-0.4, -0.2) is 23.4 Å². The Hall–Kier alpha value is -1.64. The molecule has 2 nitrogen and oxygen atoms in total. The molecule has 0 aliphatic rings. The summed E-state index contributed by atoms with van der Waals surface area (Å²) in [6.07, 6.45) is 0. The molecule has 20 heavy (non-hydrogen) atoms. The van der Waals surface area contributed by atoms with Crippen molar-refractivity contribution in [3.63, 3.8) is 0 Å². The van der Waals surface area contributed by atoms with Crippen molar-refractivity contribution in [3.8, 4) is 11.1 Å². The van der Waals surface area contributed by atoms with Gasteiger partial charge < -0.3 is 10.2 Å². The van der Waals surface area contributed by atoms with Gasteiger partial charge in [0.1, 0.15) is 0 Å². The average molecular weight is 270 g/mol. The van der Waals surface area contributed by atoms with Gasteiger partial charge >= 0.3 is 0 Å². The standard InChI is InChI=1S/C18H22O2/c1-13(11-19)15-6-8-16(9-7-15)18-5-3-4-17(10-18)14(2)12-20/h3-10,13-14,19-20H,11-12H2,1-2H3. The average Bonchev–Trinajstić information content (AvgIpc) is 2.53. The maximum atomic E-state index is 9.25. The molecule has 0 heterocycles. The third kappa shape index (κ3) is 3.27. The summed E-state index contributed by atoms with van der Waals surface area (Å²) in [7, 11) is 0. The lowest BCUT2D eigenvalue weighted by atomic mass is 9.95. The van der Waals surface area contributed by atoms with E-state index in [0.717, 1.165) is 22.3 Å². The summed E-state index contributed by atoms with van der Waals surface area (Å²) in [4.78, 5) is 0. The number of benzene rings is 2. The van der Waals surface area contributed by atoms with Crippen molar-refractivity contribution < 1.29 is 10.2 Å². The van der Waals surface area contributed by atoms with Crippen LogP contribution in [0.5, 0.6) is 0 Å². The molecule has 0 amide bonds. The number of hydrogen-bond acceptors (Lipinski definition) is 2. The largest absolute Gasteiger partial charge is 0.396 e. The fraction of sp³-hybridized carbons (Fsp3) is 0.333. The van der Waals surface area contributed by atoms with Gasteiger partial charge in [0.2, 0.25) is 0 Å². The van der Waals surface area contributed by atoms with Crippen LogP contribution < -0.4 is 0 Å². The maximum absolute atomic E-state index is 9.25. The van der Waals surface area contributed by atoms with Crippen LogP contribution >= 0.6 is 0 Å². The zero-order valence-electron chi connectivity index (χ0n) is 12.1. The fourth-order valence-electron chi connectivity index (χ4n) is 2.24. The smallest absolute Gasteiger partial charge is 0.0497 e. The van der Waals surface area contributed by atoms with Crippen molar-refractivity contribution >= 4 is 0 Å². The maximum Gasteiger partial charge on any atom is 0.0497 e. The normalized spacial score (nSPS) is 14.0. The van der Waals surface area contributed by atoms with Gasteiger partial charge in [-0.15, -0.1) is 0 Å². The van der Waals surface area contributed by atoms with Crippen molar-refractivity contribution in [2.24, 2.45) is 0 Å². The molecule has 0 spiro atoms. The second-order valence-corrected chi connectivity index (χ2v) is 5.41. The Balaban J connectivity index is 2.27. The van der Waals surface area contributed by atoms with Gasteiger partial charge in [-0.3, -0.25) is 0 Å². The highest BCUT2D eigenvalue weighted by atomic mass is 16.3. The summed E-state index contributed by atoms with van der Waals surface area (Å²) in [5.41, 5.74) is 4.62. The topological polar surface area (TPSA) is 40.5 Å². The molecule has 2 rings (SSSR count). The van der Waals surface area contributed by atoms with E-state index in [0.29, 0.717) is 0 Å². The number of aliphatic hydroxyl groups is 2. The highest BCUT2D eigenvalue weighted by molar-refractivity contribution is 5.64. The van der Waals surface area contributed by atoms with E-state index in [1.807, 2.05) is 26.0 Å². The molecule has 0 aromatic heterocycles. The Kier molecular flexibility index (Phi) is 4.94. The van der Waals surface area contributed by atoms with Gasteiger partial charge in [-0.25, -0.2) is 0 Å². The lowest BCUT2D eigenvalue weighted by Gasteiger charge is -2.12. The van der Waals surface area contributed by atoms with E-state index < -0.39 is 0 Å². The zero-order valence-corrected chi connectivity index (χ0v) is 12.1. The minimum Gasteiger partial charge on any atom is -0.396 e. The van der Waals surface area contributed by atoms with E-state index in [9.17, 15) is 10.2 Å². The van der Waals surface area contributed by atoms with Gasteiger partial charge in [0.05, 0.1) is 0 Å². The SMILES string of the molecule is CC(CO)c1ccc(-c2cccc(C(C)CO)c2)cc1. The van der Waals surface area contributed by atoms with Crippen molar-refractivity contribution in [1.82, 2.24) is 0 Å². The zero-order chi connectivity index (χ0) is 14.5. The predicted octanol–water partition coefficient (Wildman–Crippen LogP) is 3.55. The summed E-state index contributed by atoms with van der Waals surface area (Å²) in [5.74, 6) is 0.327. The molecule has 2 aromatic carbocycles. The molecule has 2 aromatic rings. The minimum atomic E-state index is 0.156. The van der Waals surface area contributed by atoms with Crippen LogP contribution in [0.3, 0.4) is 0 Å². The molecule has 0 fully saturated rings. The van der Waals surface area contributed by atoms with Gasteiger partial charge in [-0.2, -0.15) is 0 Å². The molecule has 2 unspecified atom stereocenters. The Labute approximate surface area is 120 Å². The first-order chi connectivity index (χ1) is 9.65. The molecule has 0 saturated heterocycles. The molecule has 2 N–H and O–H groups in total. The number of hydrogen-bond donors (Lipinski definition) is 2. The lowest BCUT2D eigenvalue weighted by molar-refractivity contribution is 0.273. The molecule has 0 aliphatic heterocycles. The minimum absolute atomic E-state index is 0.156. The molecule has 0 bridgehead atoms. The van der Waals surface area contributed by atoms with E-state index in [4.69, 9.17) is 0 Å². The van der Waals surface area contributed by atoms with Crippen molar-refractivity contribution in [2.75, 3.05) is 13.2 Å². The van der Waals surface area contributed by atoms with Crippen LogP contribution in [0.15, 0.2) is 48.5 Å². The second kappa shape index (κ2) is 6.69. The Morgan fingerprint density at radius 2 is 1.35 bits per heavy atom. The van der Waals surface area contributed by atoms with Crippen LogP contribution in [-0.2, 0) is 0 Å². The van der Waals surface area contributed by atoms with E-state index in [1.54, 1.807) is 0 Å². The molecule has 2 heteroatoms. The molecular weight excluding hydrogens is 248 g/mol. The number of rotatable bonds is 5. The second-order valence-electron chi connectivity index (χ2n) is 5.41. The molecule has 0 radical (unpaired) electrons. The van der Waals surface area contributed by atoms with E-state index in [-0.39, 0.29) is 25.0 Å². The van der Waals surface area contributed by atoms with Crippen molar-refractivity contribution in [3.05, 3.63) is 59.7 Å². The van der Waals surface area contributed by atoms with Gasteiger partial charge in [-0.1, -0.05) is 62.4 Å². The van der Waals surface area contributed by atoms with Crippen molar-refractivity contribution in [1.29, 1.82) is 0 Å². The fourth-order valence-corrected chi connectivity index (χ4v) is 2.24. The van der Waals surface area contributed by atoms with Crippen LogP contribution in [0.1, 0.15) is 36.8 Å². The van der Waals surface area contributed by atoms with Gasteiger partial charge in [0.25, 0.3) is 0 Å². The van der Waals surface area contributed by atoms with Crippen LogP contribution in [0.2, 0.25) is 0 Å². The third-order valence-electron chi connectivity index (χ3n) is 3.82. The summed E-state index contributed by atoms with van der Waals surface area (Å²) in [5, 5.41) is 18.4. The summed E-state index contributed by atoms with van der Waals surface area (Å²) in [6.45, 7) is 4.36. The molecule has 0 aliphatic carbocycles. The Morgan fingerprint density at radius 3 is 1.95 bits per heavy atom. The van der Waals surface area contributed by atoms with Gasteiger partial charge in [-0.05, 0) is 22.3 Å². The van der Waals surface area contributed by atoms with E-state index in [2.05, 4.69) is 36.4 Å². The third-order valence-corrected chi connectivity index (χ3v) is 3.82. The van der Waals surface area contributed by atoms with Gasteiger partial charge in [0, 0.05) is 25.0 Å². The summed E-state index contributed by atoms with van der Waals surface area (Å²) >= 11 is 0. The summed E-state index contributed by atoms with van der Waals surface area (Å²) in [6, 6.07) is 16.6. The van der Waals surface area contributed by atoms with Gasteiger partial charge in [0.15, 0.2) is 0 Å². The molecule has 0 saturated carbocycles. The quantitative estimate of drug-likeness (QED) is 0.872. The van der Waals surface area contributed by atoms with Crippen LogP contribution in [0.4, 0.5) is 0 Å².